The highest BCUT2D eigenvalue weighted by molar-refractivity contribution is 9.10. The molecular formula is C11H13BrFN3O2. The normalized spacial score (nSPS) is 13.2. The maximum absolute atomic E-state index is 13.7. The lowest BCUT2D eigenvalue weighted by Gasteiger charge is -2.15. The summed E-state index contributed by atoms with van der Waals surface area (Å²) < 4.78 is 13.9. The van der Waals surface area contributed by atoms with Crippen LogP contribution in [-0.2, 0) is 0 Å². The molecule has 1 aromatic carbocycles. The van der Waals surface area contributed by atoms with Gasteiger partial charge in [-0.15, -0.1) is 0 Å². The van der Waals surface area contributed by atoms with Gasteiger partial charge in [-0.25, -0.2) is 4.39 Å². The molecule has 0 saturated carbocycles. The number of nitrogens with two attached hydrogens (primary N) is 1. The van der Waals surface area contributed by atoms with Gasteiger partial charge in [0.15, 0.2) is 5.84 Å². The fraction of sp³-hybridized carbons (Fsp3) is 0.273. The minimum Gasteiger partial charge on any atom is -0.409 e. The number of carbonyl (C=O) groups is 1. The monoisotopic (exact) mass is 317 g/mol. The Bertz CT molecular complexity index is 479. The molecule has 0 bridgehead atoms. The van der Waals surface area contributed by atoms with Crippen molar-refractivity contribution in [2.75, 3.05) is 0 Å². The number of benzene rings is 1. The summed E-state index contributed by atoms with van der Waals surface area (Å²) in [6.45, 7) is 1.75. The van der Waals surface area contributed by atoms with E-state index in [1.54, 1.807) is 13.0 Å². The van der Waals surface area contributed by atoms with Crippen molar-refractivity contribution in [1.29, 1.82) is 0 Å². The van der Waals surface area contributed by atoms with Crippen molar-refractivity contribution in [1.82, 2.24) is 5.32 Å². The predicted octanol–water partition coefficient (Wildman–Crippen LogP) is 1.84. The fourth-order valence-electron chi connectivity index (χ4n) is 1.37. The van der Waals surface area contributed by atoms with E-state index in [4.69, 9.17) is 10.9 Å². The number of amidine groups is 1. The van der Waals surface area contributed by atoms with Crippen molar-refractivity contribution in [2.24, 2.45) is 10.9 Å². The summed E-state index contributed by atoms with van der Waals surface area (Å²) in [5, 5.41) is 13.9. The minimum absolute atomic E-state index is 0.103. The van der Waals surface area contributed by atoms with Crippen LogP contribution in [0.2, 0.25) is 0 Å². The molecule has 7 heteroatoms. The Morgan fingerprint density at radius 1 is 1.67 bits per heavy atom. The van der Waals surface area contributed by atoms with E-state index in [1.165, 1.54) is 12.1 Å². The summed E-state index contributed by atoms with van der Waals surface area (Å²) in [5.41, 5.74) is 5.30. The lowest BCUT2D eigenvalue weighted by Crippen LogP contribution is -2.44. The molecular weight excluding hydrogens is 305 g/mol. The lowest BCUT2D eigenvalue weighted by molar-refractivity contribution is 0.0941. The smallest absolute Gasteiger partial charge is 0.254 e. The minimum atomic E-state index is -0.649. The van der Waals surface area contributed by atoms with E-state index in [0.29, 0.717) is 6.42 Å². The molecule has 0 fully saturated rings. The van der Waals surface area contributed by atoms with Crippen LogP contribution >= 0.6 is 15.9 Å². The number of amides is 1. The summed E-state index contributed by atoms with van der Waals surface area (Å²) in [6, 6.07) is 3.76. The van der Waals surface area contributed by atoms with Crippen LogP contribution in [0, 0.1) is 5.82 Å². The molecule has 0 spiro atoms. The zero-order valence-corrected chi connectivity index (χ0v) is 11.2. The zero-order chi connectivity index (χ0) is 13.7. The number of hydrogen-bond acceptors (Lipinski definition) is 3. The number of oxime groups is 1. The third-order valence-electron chi connectivity index (χ3n) is 2.38. The van der Waals surface area contributed by atoms with Gasteiger partial charge in [-0.2, -0.15) is 0 Å². The van der Waals surface area contributed by atoms with Crippen molar-refractivity contribution in [3.63, 3.8) is 0 Å². The van der Waals surface area contributed by atoms with E-state index >= 15 is 0 Å². The number of nitrogens with one attached hydrogen (secondary N) is 1. The largest absolute Gasteiger partial charge is 0.409 e. The van der Waals surface area contributed by atoms with Crippen LogP contribution in [0.15, 0.2) is 27.8 Å². The van der Waals surface area contributed by atoms with Crippen molar-refractivity contribution in [3.8, 4) is 0 Å². The van der Waals surface area contributed by atoms with Gasteiger partial charge in [0.1, 0.15) is 5.82 Å². The molecule has 0 aliphatic heterocycles. The maximum atomic E-state index is 13.7. The van der Waals surface area contributed by atoms with E-state index in [0.717, 1.165) is 0 Å². The molecule has 0 radical (unpaired) electrons. The van der Waals surface area contributed by atoms with Crippen LogP contribution < -0.4 is 11.1 Å². The fourth-order valence-corrected chi connectivity index (χ4v) is 1.74. The van der Waals surface area contributed by atoms with Gasteiger partial charge in [-0.1, -0.05) is 18.1 Å². The Morgan fingerprint density at radius 3 is 2.89 bits per heavy atom. The number of hydrogen-bond donors (Lipinski definition) is 3. The third-order valence-corrected chi connectivity index (χ3v) is 2.99. The standard InChI is InChI=1S/C11H13BrFN3O2/c1-2-8(10(14)16-18)15-11(17)6-4-3-5-7(12)9(6)13/h3-5,8,18H,2H2,1H3,(H2,14,16)(H,15,17). The highest BCUT2D eigenvalue weighted by atomic mass is 79.9. The second-order valence-electron chi connectivity index (χ2n) is 3.56. The first-order valence-corrected chi connectivity index (χ1v) is 6.02. The SMILES string of the molecule is CCC(NC(=O)c1cccc(Br)c1F)/C(N)=N/O. The first kappa shape index (κ1) is 14.4. The number of halogens is 2. The Morgan fingerprint density at radius 2 is 2.33 bits per heavy atom. The molecule has 0 aliphatic rings. The van der Waals surface area contributed by atoms with Crippen molar-refractivity contribution in [3.05, 3.63) is 34.1 Å². The summed E-state index contributed by atoms with van der Waals surface area (Å²) in [4.78, 5) is 11.8. The van der Waals surface area contributed by atoms with E-state index in [9.17, 15) is 9.18 Å². The van der Waals surface area contributed by atoms with E-state index in [-0.39, 0.29) is 15.9 Å². The molecule has 1 amide bonds. The molecule has 0 saturated heterocycles. The van der Waals surface area contributed by atoms with Crippen LogP contribution in [0.5, 0.6) is 0 Å². The average Bonchev–Trinajstić information content (AvgIpc) is 2.37. The Hall–Kier alpha value is -1.63. The van der Waals surface area contributed by atoms with Gasteiger partial charge in [0.05, 0.1) is 16.1 Å². The van der Waals surface area contributed by atoms with Gasteiger partial charge in [-0.05, 0) is 34.5 Å². The lowest BCUT2D eigenvalue weighted by atomic mass is 10.1. The van der Waals surface area contributed by atoms with Crippen LogP contribution in [0.1, 0.15) is 23.7 Å². The molecule has 98 valence electrons. The van der Waals surface area contributed by atoms with Gasteiger partial charge < -0.3 is 16.3 Å². The average molecular weight is 318 g/mol. The quantitative estimate of drug-likeness (QED) is 0.343. The molecule has 1 aromatic rings. The predicted molar refractivity (Wildman–Crippen MR) is 69.1 cm³/mol. The Balaban J connectivity index is 2.91. The molecule has 1 atom stereocenters. The van der Waals surface area contributed by atoms with Crippen molar-refractivity contribution >= 4 is 27.7 Å². The van der Waals surface area contributed by atoms with Crippen molar-refractivity contribution in [2.45, 2.75) is 19.4 Å². The van der Waals surface area contributed by atoms with Crippen molar-refractivity contribution < 1.29 is 14.4 Å². The Kier molecular flexibility index (Phi) is 5.08. The van der Waals surface area contributed by atoms with Crippen LogP contribution in [-0.4, -0.2) is 23.0 Å². The Labute approximate surface area is 112 Å². The van der Waals surface area contributed by atoms with Crippen LogP contribution in [0.25, 0.3) is 0 Å². The van der Waals surface area contributed by atoms with Crippen LogP contribution in [0.4, 0.5) is 4.39 Å². The highest BCUT2D eigenvalue weighted by Gasteiger charge is 2.19. The van der Waals surface area contributed by atoms with Gasteiger partial charge in [-0.3, -0.25) is 4.79 Å². The molecule has 0 aromatic heterocycles. The molecule has 0 aliphatic carbocycles. The molecule has 1 unspecified atom stereocenters. The first-order valence-electron chi connectivity index (χ1n) is 5.23. The second kappa shape index (κ2) is 6.34. The number of rotatable bonds is 4. The van der Waals surface area contributed by atoms with Gasteiger partial charge >= 0.3 is 0 Å². The second-order valence-corrected chi connectivity index (χ2v) is 4.41. The van der Waals surface area contributed by atoms with E-state index in [2.05, 4.69) is 26.4 Å². The van der Waals surface area contributed by atoms with Crippen LogP contribution in [0.3, 0.4) is 0 Å². The summed E-state index contributed by atoms with van der Waals surface area (Å²) in [5.74, 6) is -1.39. The zero-order valence-electron chi connectivity index (χ0n) is 9.65. The maximum Gasteiger partial charge on any atom is 0.254 e. The van der Waals surface area contributed by atoms with Gasteiger partial charge in [0.25, 0.3) is 5.91 Å². The first-order chi connectivity index (χ1) is 8.51. The molecule has 0 heterocycles. The van der Waals surface area contributed by atoms with E-state index in [1.807, 2.05) is 0 Å². The summed E-state index contributed by atoms with van der Waals surface area (Å²) in [7, 11) is 0. The number of carbonyl (C=O) groups excluding carboxylic acids is 1. The molecule has 5 nitrogen and oxygen atoms in total. The molecule has 4 N–H and O–H groups in total. The molecule has 1 rings (SSSR count). The highest BCUT2D eigenvalue weighted by Crippen LogP contribution is 2.18. The number of nitrogens with zero attached hydrogens (tertiary/aromatic N) is 1. The van der Waals surface area contributed by atoms with Gasteiger partial charge in [0.2, 0.25) is 0 Å². The molecule has 18 heavy (non-hydrogen) atoms. The summed E-state index contributed by atoms with van der Waals surface area (Å²) in [6.07, 6.45) is 0.428. The van der Waals surface area contributed by atoms with E-state index < -0.39 is 17.8 Å². The summed E-state index contributed by atoms with van der Waals surface area (Å²) >= 11 is 3.00. The third kappa shape index (κ3) is 3.19. The van der Waals surface area contributed by atoms with Gasteiger partial charge in [0, 0.05) is 0 Å². The topological polar surface area (TPSA) is 87.7 Å².